The van der Waals surface area contributed by atoms with Crippen molar-refractivity contribution in [2.24, 2.45) is 0 Å². The Morgan fingerprint density at radius 3 is 1.56 bits per heavy atom. The van der Waals surface area contributed by atoms with Crippen LogP contribution in [0.4, 0.5) is 5.69 Å². The lowest BCUT2D eigenvalue weighted by Gasteiger charge is -2.56. The van der Waals surface area contributed by atoms with E-state index in [0.29, 0.717) is 6.61 Å². The van der Waals surface area contributed by atoms with Crippen molar-refractivity contribution in [3.05, 3.63) is 23.8 Å². The molecule has 1 aromatic carbocycles. The van der Waals surface area contributed by atoms with Crippen molar-refractivity contribution >= 4 is 51.5 Å². The van der Waals surface area contributed by atoms with Gasteiger partial charge in [-0.25, -0.2) is 0 Å². The predicted octanol–water partition coefficient (Wildman–Crippen LogP) is 13.1. The summed E-state index contributed by atoms with van der Waals surface area (Å²) in [4.78, 5) is 2.71. The molecule has 2 aliphatic rings. The molecule has 2 saturated heterocycles. The molecular weight excluding hydrogens is 892 g/mol. The van der Waals surface area contributed by atoms with Gasteiger partial charge < -0.3 is 41.8 Å². The molecule has 0 aromatic heterocycles. The average Bonchev–Trinajstić information content (AvgIpc) is 3.36. The van der Waals surface area contributed by atoms with E-state index in [0.717, 1.165) is 62.0 Å². The minimum atomic E-state index is -2.30. The van der Waals surface area contributed by atoms with E-state index in [1.807, 2.05) is 0 Å². The maximum atomic E-state index is 7.76. The largest absolute Gasteiger partial charge is 0.494 e. The number of hydrogen-bond acceptors (Lipinski definition) is 10. The fourth-order valence-electron chi connectivity index (χ4n) is 7.48. The van der Waals surface area contributed by atoms with Gasteiger partial charge in [0, 0.05) is 38.6 Å². The SMILES string of the molecule is COC(OC)c1cc(NCCCCCCN2CC(O[Si](C)(C)C(C)(C)C)C(O[Si](C)(C)C(C)(C)C)C(O[Si](C)(C)C(C)(C)C)[C@H]2CO[Si](C)(C)C(C)(C)C)cc(B2OC(C)(C)C(C)(C)O2)c1. The maximum Gasteiger partial charge on any atom is 0.494 e. The van der Waals surface area contributed by atoms with Crippen LogP contribution in [0, 0.1) is 0 Å². The first-order chi connectivity index (χ1) is 29.6. The average molecular weight is 996 g/mol. The standard InChI is InChI=1S/C51H103BN2O8Si4/c1-46(2,3)63(19,20)57-37-41-43(59-65(23,24)48(7,8)9)44(60-66(25,26)49(10,11)12)42(58-64(21,22)47(4,5)6)36-54(41)32-30-28-27-29-31-53-40-34-38(45(55-17)56-18)33-39(35-40)52-61-50(13,14)51(15,16)62-52/h33-35,41-45,53H,27-32,36-37H2,1-26H3/t41-,42?,43?,44?/m1/s1. The van der Waals surface area contributed by atoms with Gasteiger partial charge in [0.25, 0.3) is 0 Å². The number of benzene rings is 1. The van der Waals surface area contributed by atoms with E-state index in [-0.39, 0.29) is 44.5 Å². The highest BCUT2D eigenvalue weighted by atomic mass is 28.4. The molecule has 10 nitrogen and oxygen atoms in total. The lowest BCUT2D eigenvalue weighted by molar-refractivity contribution is -0.128. The third kappa shape index (κ3) is 14.8. The van der Waals surface area contributed by atoms with Crippen LogP contribution in [0.5, 0.6) is 0 Å². The van der Waals surface area contributed by atoms with Crippen LogP contribution in [0.1, 0.15) is 148 Å². The van der Waals surface area contributed by atoms with Crippen molar-refractivity contribution in [3.63, 3.8) is 0 Å². The molecule has 4 atom stereocenters. The number of hydrogen-bond donors (Lipinski definition) is 1. The fourth-order valence-corrected chi connectivity index (χ4v) is 12.5. The van der Waals surface area contributed by atoms with Crippen LogP contribution in [0.2, 0.25) is 72.5 Å². The van der Waals surface area contributed by atoms with Gasteiger partial charge in [-0.1, -0.05) is 102 Å². The Labute approximate surface area is 411 Å². The Balaban J connectivity index is 1.95. The zero-order valence-electron chi connectivity index (χ0n) is 47.6. The van der Waals surface area contributed by atoms with Crippen LogP contribution in [0.25, 0.3) is 0 Å². The Kier molecular flexibility index (Phi) is 19.7. The predicted molar refractivity (Wildman–Crippen MR) is 291 cm³/mol. The third-order valence-corrected chi connectivity index (χ3v) is 35.0. The summed E-state index contributed by atoms with van der Waals surface area (Å²) in [5.41, 5.74) is 2.00. The first kappa shape index (κ1) is 59.9. The normalized spacial score (nSPS) is 23.0. The summed E-state index contributed by atoms with van der Waals surface area (Å²) < 4.78 is 54.6. The molecule has 3 rings (SSSR count). The summed E-state index contributed by atoms with van der Waals surface area (Å²) in [6.45, 7) is 58.9. The Bertz CT molecular complexity index is 1680. The quantitative estimate of drug-likeness (QED) is 0.0730. The van der Waals surface area contributed by atoms with Gasteiger partial charge in [0.2, 0.25) is 0 Å². The molecule has 0 amide bonds. The van der Waals surface area contributed by atoms with E-state index in [1.54, 1.807) is 14.2 Å². The van der Waals surface area contributed by atoms with E-state index < -0.39 is 57.9 Å². The number of nitrogens with one attached hydrogen (secondary N) is 1. The van der Waals surface area contributed by atoms with Crippen molar-refractivity contribution < 1.29 is 36.5 Å². The van der Waals surface area contributed by atoms with Crippen molar-refractivity contribution in [2.45, 2.75) is 251 Å². The van der Waals surface area contributed by atoms with Crippen LogP contribution in [-0.4, -0.2) is 121 Å². The highest BCUT2D eigenvalue weighted by molar-refractivity contribution is 6.75. The molecule has 1 aromatic rings. The van der Waals surface area contributed by atoms with E-state index in [2.05, 4.69) is 192 Å². The van der Waals surface area contributed by atoms with Crippen molar-refractivity contribution in [3.8, 4) is 0 Å². The zero-order chi connectivity index (χ0) is 50.9. The Hall–Kier alpha value is -0.408. The van der Waals surface area contributed by atoms with E-state index >= 15 is 0 Å². The van der Waals surface area contributed by atoms with Gasteiger partial charge in [-0.2, -0.15) is 0 Å². The second-order valence-electron chi connectivity index (χ2n) is 26.9. The van der Waals surface area contributed by atoms with E-state index in [1.165, 1.54) is 0 Å². The molecule has 2 fully saturated rings. The first-order valence-corrected chi connectivity index (χ1v) is 37.0. The molecule has 2 heterocycles. The molecule has 1 N–H and O–H groups in total. The molecule has 0 bridgehead atoms. The molecule has 3 unspecified atom stereocenters. The molecular formula is C51H103BN2O8Si4. The Morgan fingerprint density at radius 1 is 0.636 bits per heavy atom. The highest BCUT2D eigenvalue weighted by Gasteiger charge is 2.56. The topological polar surface area (TPSA) is 89.1 Å². The molecule has 66 heavy (non-hydrogen) atoms. The summed E-state index contributed by atoms with van der Waals surface area (Å²) in [5, 5.41) is 3.91. The minimum Gasteiger partial charge on any atom is -0.415 e. The second-order valence-corrected chi connectivity index (χ2v) is 45.9. The van der Waals surface area contributed by atoms with Crippen molar-refractivity contribution in [2.75, 3.05) is 45.8 Å². The van der Waals surface area contributed by atoms with Gasteiger partial charge in [-0.3, -0.25) is 4.90 Å². The zero-order valence-corrected chi connectivity index (χ0v) is 51.6. The summed E-state index contributed by atoms with van der Waals surface area (Å²) in [6, 6.07) is 6.36. The number of piperidine rings is 1. The summed E-state index contributed by atoms with van der Waals surface area (Å²) in [5.74, 6) is 0. The first-order valence-electron chi connectivity index (χ1n) is 25.3. The maximum absolute atomic E-state index is 7.76. The van der Waals surface area contributed by atoms with Gasteiger partial charge >= 0.3 is 7.12 Å². The lowest BCUT2D eigenvalue weighted by atomic mass is 9.78. The van der Waals surface area contributed by atoms with Crippen LogP contribution in [0.3, 0.4) is 0 Å². The van der Waals surface area contributed by atoms with Gasteiger partial charge in [0.1, 0.15) is 0 Å². The van der Waals surface area contributed by atoms with Crippen LogP contribution < -0.4 is 10.8 Å². The lowest BCUT2D eigenvalue weighted by Crippen LogP contribution is -2.70. The summed E-state index contributed by atoms with van der Waals surface area (Å²) in [6.07, 6.45) is 3.36. The van der Waals surface area contributed by atoms with Gasteiger partial charge in [0.05, 0.1) is 42.2 Å². The molecule has 0 saturated carbocycles. The number of anilines is 1. The number of methoxy groups -OCH3 is 2. The molecule has 384 valence electrons. The summed E-state index contributed by atoms with van der Waals surface area (Å²) in [7, 11) is -6.04. The van der Waals surface area contributed by atoms with Gasteiger partial charge in [0.15, 0.2) is 39.6 Å². The smallest absolute Gasteiger partial charge is 0.415 e. The number of ether oxygens (including phenoxy) is 2. The third-order valence-electron chi connectivity index (χ3n) is 17.0. The molecule has 2 aliphatic heterocycles. The van der Waals surface area contributed by atoms with Crippen molar-refractivity contribution in [1.82, 2.24) is 4.90 Å². The molecule has 0 aliphatic carbocycles. The minimum absolute atomic E-state index is 0.0233. The number of likely N-dealkylation sites (tertiary alicyclic amines) is 1. The molecule has 15 heteroatoms. The fraction of sp³-hybridized carbons (Fsp3) is 0.882. The highest BCUT2D eigenvalue weighted by Crippen LogP contribution is 2.46. The second kappa shape index (κ2) is 21.7. The number of nitrogens with zero attached hydrogens (tertiary/aromatic N) is 1. The van der Waals surface area contributed by atoms with E-state index in [4.69, 9.17) is 36.5 Å². The van der Waals surface area contributed by atoms with Crippen LogP contribution in [0.15, 0.2) is 18.2 Å². The molecule has 0 radical (unpaired) electrons. The van der Waals surface area contributed by atoms with Crippen molar-refractivity contribution in [1.29, 1.82) is 0 Å². The van der Waals surface area contributed by atoms with E-state index in [9.17, 15) is 0 Å². The molecule has 0 spiro atoms. The number of unbranched alkanes of at least 4 members (excludes halogenated alkanes) is 3. The number of rotatable bonds is 21. The van der Waals surface area contributed by atoms with Gasteiger partial charge in [-0.05, 0) is 137 Å². The monoisotopic (exact) mass is 995 g/mol. The van der Waals surface area contributed by atoms with Gasteiger partial charge in [-0.15, -0.1) is 0 Å². The Morgan fingerprint density at radius 2 is 1.09 bits per heavy atom. The van der Waals surface area contributed by atoms with Crippen LogP contribution >= 0.6 is 0 Å². The van der Waals surface area contributed by atoms with Crippen LogP contribution in [-0.2, 0) is 36.5 Å². The summed E-state index contributed by atoms with van der Waals surface area (Å²) >= 11 is 0.